The minimum atomic E-state index is -0.234. The van der Waals surface area contributed by atoms with Crippen LogP contribution in [0.1, 0.15) is 36.9 Å². The number of aromatic hydroxyl groups is 1. The summed E-state index contributed by atoms with van der Waals surface area (Å²) in [6, 6.07) is 8.31. The number of hydrogen-bond donors (Lipinski definition) is 1. The summed E-state index contributed by atoms with van der Waals surface area (Å²) in [7, 11) is 1.51. The Labute approximate surface area is 136 Å². The molecule has 0 radical (unpaired) electrons. The van der Waals surface area contributed by atoms with Crippen molar-refractivity contribution in [2.45, 2.75) is 33.4 Å². The molecule has 1 heterocycles. The van der Waals surface area contributed by atoms with E-state index in [1.807, 2.05) is 13.0 Å². The first-order valence-corrected chi connectivity index (χ1v) is 7.64. The topological polar surface area (TPSA) is 62.9 Å². The van der Waals surface area contributed by atoms with E-state index in [0.717, 1.165) is 0 Å². The molecular weight excluding hydrogens is 294 g/mol. The van der Waals surface area contributed by atoms with Crippen molar-refractivity contribution in [1.82, 2.24) is 4.90 Å². The van der Waals surface area contributed by atoms with Gasteiger partial charge >= 0.3 is 0 Å². The number of ether oxygens (including phenoxy) is 1. The molecule has 0 aliphatic heterocycles. The van der Waals surface area contributed by atoms with E-state index < -0.39 is 0 Å². The lowest BCUT2D eigenvalue weighted by atomic mass is 10.0. The summed E-state index contributed by atoms with van der Waals surface area (Å²) in [5, 5.41) is 10.1. The molecular formula is C18H23NO4. The lowest BCUT2D eigenvalue weighted by Gasteiger charge is -2.31. The lowest BCUT2D eigenvalue weighted by Crippen LogP contribution is -2.40. The van der Waals surface area contributed by atoms with E-state index in [9.17, 15) is 9.90 Å². The van der Waals surface area contributed by atoms with Gasteiger partial charge in [0.15, 0.2) is 0 Å². The third kappa shape index (κ3) is 3.86. The third-order valence-electron chi connectivity index (χ3n) is 4.06. The van der Waals surface area contributed by atoms with Crippen LogP contribution >= 0.6 is 0 Å². The van der Waals surface area contributed by atoms with Gasteiger partial charge in [0.25, 0.3) is 5.91 Å². The zero-order chi connectivity index (χ0) is 17.0. The van der Waals surface area contributed by atoms with Crippen molar-refractivity contribution < 1.29 is 19.1 Å². The van der Waals surface area contributed by atoms with Gasteiger partial charge in [-0.05, 0) is 37.1 Å². The van der Waals surface area contributed by atoms with Gasteiger partial charge in [-0.25, -0.2) is 0 Å². The third-order valence-corrected chi connectivity index (χ3v) is 4.06. The molecule has 1 aromatic heterocycles. The molecule has 124 valence electrons. The summed E-state index contributed by atoms with van der Waals surface area (Å²) in [5.74, 6) is 1.17. The summed E-state index contributed by atoms with van der Waals surface area (Å²) < 4.78 is 10.4. The quantitative estimate of drug-likeness (QED) is 0.883. The molecule has 5 nitrogen and oxygen atoms in total. The fourth-order valence-electron chi connectivity index (χ4n) is 2.31. The van der Waals surface area contributed by atoms with E-state index in [-0.39, 0.29) is 29.2 Å². The minimum Gasteiger partial charge on any atom is -0.507 e. The molecule has 5 heteroatoms. The molecule has 23 heavy (non-hydrogen) atoms. The molecule has 1 amide bonds. The Hall–Kier alpha value is -2.43. The maximum atomic E-state index is 12.9. The first-order valence-electron chi connectivity index (χ1n) is 7.64. The molecule has 1 N–H and O–H groups in total. The molecule has 0 aliphatic carbocycles. The summed E-state index contributed by atoms with van der Waals surface area (Å²) in [6.45, 7) is 6.46. The predicted molar refractivity (Wildman–Crippen MR) is 87.5 cm³/mol. The Bertz CT molecular complexity index is 649. The van der Waals surface area contributed by atoms with Gasteiger partial charge in [0.1, 0.15) is 17.3 Å². The summed E-state index contributed by atoms with van der Waals surface area (Å²) in [6.07, 6.45) is 1.59. The van der Waals surface area contributed by atoms with E-state index in [0.29, 0.717) is 18.1 Å². The lowest BCUT2D eigenvalue weighted by molar-refractivity contribution is 0.0608. The fraction of sp³-hybridized carbons (Fsp3) is 0.389. The minimum absolute atomic E-state index is 0.00546. The average molecular weight is 317 g/mol. The molecule has 2 aromatic rings. The first-order chi connectivity index (χ1) is 10.9. The van der Waals surface area contributed by atoms with Crippen LogP contribution in [0.15, 0.2) is 41.0 Å². The number of nitrogens with zero attached hydrogens (tertiary/aromatic N) is 1. The predicted octanol–water partition coefficient (Wildman–Crippen LogP) is 3.68. The van der Waals surface area contributed by atoms with Crippen molar-refractivity contribution in [3.8, 4) is 11.5 Å². The number of methoxy groups -OCH3 is 1. The molecule has 0 spiro atoms. The highest BCUT2D eigenvalue weighted by atomic mass is 16.5. The van der Waals surface area contributed by atoms with E-state index in [4.69, 9.17) is 9.15 Å². The second-order valence-corrected chi connectivity index (χ2v) is 5.88. The molecule has 0 fully saturated rings. The number of furan rings is 1. The molecule has 1 atom stereocenters. The van der Waals surface area contributed by atoms with E-state index in [1.54, 1.807) is 29.4 Å². The molecule has 0 aliphatic rings. The van der Waals surface area contributed by atoms with E-state index in [1.165, 1.54) is 13.2 Å². The monoisotopic (exact) mass is 317 g/mol. The Balaban J connectivity index is 2.32. The second-order valence-electron chi connectivity index (χ2n) is 5.88. The van der Waals surface area contributed by atoms with Crippen LogP contribution in [-0.2, 0) is 6.54 Å². The van der Waals surface area contributed by atoms with Gasteiger partial charge in [-0.2, -0.15) is 0 Å². The van der Waals surface area contributed by atoms with Crippen LogP contribution in [0.5, 0.6) is 11.5 Å². The first kappa shape index (κ1) is 16.9. The molecule has 0 bridgehead atoms. The zero-order valence-corrected chi connectivity index (χ0v) is 13.9. The van der Waals surface area contributed by atoms with Gasteiger partial charge in [0.2, 0.25) is 0 Å². The number of amides is 1. The van der Waals surface area contributed by atoms with Crippen LogP contribution in [0.2, 0.25) is 0 Å². The summed E-state index contributed by atoms with van der Waals surface area (Å²) in [5.41, 5.74) is 0.254. The summed E-state index contributed by atoms with van der Waals surface area (Å²) >= 11 is 0. The van der Waals surface area contributed by atoms with Crippen molar-refractivity contribution in [1.29, 1.82) is 0 Å². The van der Waals surface area contributed by atoms with Crippen molar-refractivity contribution in [2.75, 3.05) is 7.11 Å². The number of phenolic OH excluding ortho intramolecular Hbond substituents is 1. The standard InChI is InChI=1S/C18H23NO4/c1-12(2)13(3)19(11-15-6-5-9-23-15)18(21)16-8-7-14(22-4)10-17(16)20/h5-10,12-13,20H,11H2,1-4H3. The SMILES string of the molecule is COc1ccc(C(=O)N(Cc2ccco2)C(C)C(C)C)c(O)c1. The number of carbonyl (C=O) groups excluding carboxylic acids is 1. The highest BCUT2D eigenvalue weighted by Crippen LogP contribution is 2.27. The van der Waals surface area contributed by atoms with E-state index >= 15 is 0 Å². The Morgan fingerprint density at radius 2 is 2.04 bits per heavy atom. The summed E-state index contributed by atoms with van der Waals surface area (Å²) in [4.78, 5) is 14.6. The Morgan fingerprint density at radius 1 is 1.30 bits per heavy atom. The molecule has 1 aromatic carbocycles. The van der Waals surface area contributed by atoms with Crippen LogP contribution in [0, 0.1) is 5.92 Å². The van der Waals surface area contributed by atoms with Crippen molar-refractivity contribution in [3.63, 3.8) is 0 Å². The zero-order valence-electron chi connectivity index (χ0n) is 13.9. The maximum Gasteiger partial charge on any atom is 0.258 e. The largest absolute Gasteiger partial charge is 0.507 e. The normalized spacial score (nSPS) is 12.2. The van der Waals surface area contributed by atoms with Crippen LogP contribution in [0.4, 0.5) is 0 Å². The highest BCUT2D eigenvalue weighted by Gasteiger charge is 2.26. The van der Waals surface area contributed by atoms with Crippen molar-refractivity contribution in [3.05, 3.63) is 47.9 Å². The van der Waals surface area contributed by atoms with Gasteiger partial charge in [-0.1, -0.05) is 13.8 Å². The van der Waals surface area contributed by atoms with Gasteiger partial charge < -0.3 is 19.2 Å². The molecule has 0 saturated heterocycles. The van der Waals surface area contributed by atoms with Crippen molar-refractivity contribution in [2.24, 2.45) is 5.92 Å². The number of rotatable bonds is 6. The van der Waals surface area contributed by atoms with E-state index in [2.05, 4.69) is 13.8 Å². The number of carbonyl (C=O) groups is 1. The Morgan fingerprint density at radius 3 is 2.57 bits per heavy atom. The smallest absolute Gasteiger partial charge is 0.258 e. The van der Waals surface area contributed by atoms with Crippen LogP contribution in [-0.4, -0.2) is 29.1 Å². The number of phenols is 1. The highest BCUT2D eigenvalue weighted by molar-refractivity contribution is 5.97. The van der Waals surface area contributed by atoms with Gasteiger partial charge in [0.05, 0.1) is 25.5 Å². The van der Waals surface area contributed by atoms with Gasteiger partial charge in [-0.15, -0.1) is 0 Å². The molecule has 2 rings (SSSR count). The second kappa shape index (κ2) is 7.22. The number of hydrogen-bond acceptors (Lipinski definition) is 4. The average Bonchev–Trinajstić information content (AvgIpc) is 3.04. The van der Waals surface area contributed by atoms with Gasteiger partial charge in [0, 0.05) is 12.1 Å². The Kier molecular flexibility index (Phi) is 5.32. The van der Waals surface area contributed by atoms with Crippen LogP contribution in [0.25, 0.3) is 0 Å². The van der Waals surface area contributed by atoms with Crippen LogP contribution in [0.3, 0.4) is 0 Å². The fourth-order valence-corrected chi connectivity index (χ4v) is 2.31. The van der Waals surface area contributed by atoms with Gasteiger partial charge in [-0.3, -0.25) is 4.79 Å². The molecule has 0 saturated carbocycles. The molecule has 1 unspecified atom stereocenters. The van der Waals surface area contributed by atoms with Crippen LogP contribution < -0.4 is 4.74 Å². The number of benzene rings is 1. The maximum absolute atomic E-state index is 12.9. The van der Waals surface area contributed by atoms with Crippen molar-refractivity contribution >= 4 is 5.91 Å².